The Morgan fingerprint density at radius 1 is 1.32 bits per heavy atom. The van der Waals surface area contributed by atoms with Crippen LogP contribution < -0.4 is 5.56 Å². The monoisotopic (exact) mass is 260 g/mol. The minimum absolute atomic E-state index is 0.219. The topological polar surface area (TPSA) is 42.3 Å². The van der Waals surface area contributed by atoms with Gasteiger partial charge in [0.25, 0.3) is 11.5 Å². The SMILES string of the molecule is C=CCN(CC=C)C(=O)c1c(C)cc(C)n(C)c1=O. The molecule has 0 unspecified atom stereocenters. The van der Waals surface area contributed by atoms with Gasteiger partial charge in [-0.3, -0.25) is 9.59 Å². The summed E-state index contributed by atoms with van der Waals surface area (Å²) in [7, 11) is 1.67. The number of rotatable bonds is 5. The fourth-order valence-electron chi connectivity index (χ4n) is 1.95. The lowest BCUT2D eigenvalue weighted by molar-refractivity contribution is 0.0787. The van der Waals surface area contributed by atoms with Gasteiger partial charge in [-0.05, 0) is 25.5 Å². The maximum Gasteiger partial charge on any atom is 0.263 e. The van der Waals surface area contributed by atoms with E-state index < -0.39 is 0 Å². The summed E-state index contributed by atoms with van der Waals surface area (Å²) in [6.45, 7) is 11.6. The number of nitrogens with zero attached hydrogens (tertiary/aromatic N) is 2. The third-order valence-corrected chi connectivity index (χ3v) is 3.07. The Kier molecular flexibility index (Phi) is 4.87. The van der Waals surface area contributed by atoms with Crippen molar-refractivity contribution in [3.8, 4) is 0 Å². The van der Waals surface area contributed by atoms with Gasteiger partial charge >= 0.3 is 0 Å². The van der Waals surface area contributed by atoms with Crippen molar-refractivity contribution in [2.75, 3.05) is 13.1 Å². The van der Waals surface area contributed by atoms with Crippen molar-refractivity contribution in [3.05, 3.63) is 58.6 Å². The molecule has 0 aromatic carbocycles. The molecule has 0 spiro atoms. The molecule has 0 radical (unpaired) electrons. The van der Waals surface area contributed by atoms with Crippen LogP contribution in [0.3, 0.4) is 0 Å². The molecule has 1 rings (SSSR count). The Balaban J connectivity index is 3.32. The Morgan fingerprint density at radius 2 is 1.84 bits per heavy atom. The average molecular weight is 260 g/mol. The fraction of sp³-hybridized carbons (Fsp3) is 0.333. The van der Waals surface area contributed by atoms with E-state index in [4.69, 9.17) is 0 Å². The largest absolute Gasteiger partial charge is 0.331 e. The first-order chi connectivity index (χ1) is 8.93. The molecule has 4 nitrogen and oxygen atoms in total. The summed E-state index contributed by atoms with van der Waals surface area (Å²) in [6.07, 6.45) is 3.27. The average Bonchev–Trinajstić information content (AvgIpc) is 2.35. The van der Waals surface area contributed by atoms with Crippen LogP contribution in [0.1, 0.15) is 21.6 Å². The number of aryl methyl sites for hydroxylation is 2. The van der Waals surface area contributed by atoms with Crippen molar-refractivity contribution < 1.29 is 4.79 Å². The molecule has 1 amide bonds. The quantitative estimate of drug-likeness (QED) is 0.758. The molecule has 0 fully saturated rings. The lowest BCUT2D eigenvalue weighted by Crippen LogP contribution is -2.37. The highest BCUT2D eigenvalue weighted by Crippen LogP contribution is 2.09. The molecule has 0 atom stereocenters. The van der Waals surface area contributed by atoms with E-state index in [1.165, 1.54) is 4.57 Å². The number of amides is 1. The van der Waals surface area contributed by atoms with Gasteiger partial charge in [-0.15, -0.1) is 13.2 Å². The molecular weight excluding hydrogens is 240 g/mol. The number of carbonyl (C=O) groups excluding carboxylic acids is 1. The second-order valence-corrected chi connectivity index (χ2v) is 4.50. The first-order valence-electron chi connectivity index (χ1n) is 6.12. The number of hydrogen-bond acceptors (Lipinski definition) is 2. The van der Waals surface area contributed by atoms with Crippen molar-refractivity contribution in [1.29, 1.82) is 0 Å². The van der Waals surface area contributed by atoms with Gasteiger partial charge in [-0.1, -0.05) is 12.2 Å². The van der Waals surface area contributed by atoms with Gasteiger partial charge in [0.05, 0.1) is 0 Å². The van der Waals surface area contributed by atoms with E-state index in [0.29, 0.717) is 18.7 Å². The van der Waals surface area contributed by atoms with E-state index in [1.54, 1.807) is 31.0 Å². The predicted octanol–water partition coefficient (Wildman–Crippen LogP) is 1.82. The lowest BCUT2D eigenvalue weighted by atomic mass is 10.1. The molecule has 1 heterocycles. The zero-order chi connectivity index (χ0) is 14.6. The Hall–Kier alpha value is -2.10. The molecule has 0 N–H and O–H groups in total. The Labute approximate surface area is 113 Å². The number of aromatic nitrogens is 1. The zero-order valence-corrected chi connectivity index (χ0v) is 11.8. The van der Waals surface area contributed by atoms with Crippen LogP contribution in [0, 0.1) is 13.8 Å². The predicted molar refractivity (Wildman–Crippen MR) is 77.5 cm³/mol. The minimum atomic E-state index is -0.280. The van der Waals surface area contributed by atoms with Crippen LogP contribution in [0.5, 0.6) is 0 Å². The van der Waals surface area contributed by atoms with E-state index in [9.17, 15) is 9.59 Å². The third kappa shape index (κ3) is 3.02. The molecule has 1 aromatic heterocycles. The standard InChI is InChI=1S/C15H20N2O2/c1-6-8-17(9-7-2)15(19)13-11(3)10-12(4)16(5)14(13)18/h6-7,10H,1-2,8-9H2,3-5H3. The number of hydrogen-bond donors (Lipinski definition) is 0. The summed E-state index contributed by atoms with van der Waals surface area (Å²) in [6, 6.07) is 1.84. The van der Waals surface area contributed by atoms with Crippen LogP contribution in [0.2, 0.25) is 0 Å². The maximum absolute atomic E-state index is 12.4. The smallest absolute Gasteiger partial charge is 0.263 e. The van der Waals surface area contributed by atoms with Crippen molar-refractivity contribution in [1.82, 2.24) is 9.47 Å². The van der Waals surface area contributed by atoms with Gasteiger partial charge in [-0.25, -0.2) is 0 Å². The molecule has 0 aliphatic rings. The number of carbonyl (C=O) groups is 1. The molecule has 0 saturated carbocycles. The summed E-state index contributed by atoms with van der Waals surface area (Å²) in [5, 5.41) is 0. The molecule has 0 bridgehead atoms. The maximum atomic E-state index is 12.4. The molecule has 0 saturated heterocycles. The molecule has 1 aromatic rings. The van der Waals surface area contributed by atoms with Crippen molar-refractivity contribution in [3.63, 3.8) is 0 Å². The summed E-state index contributed by atoms with van der Waals surface area (Å²) in [5.41, 5.74) is 1.49. The van der Waals surface area contributed by atoms with Crippen molar-refractivity contribution in [2.45, 2.75) is 13.8 Å². The van der Waals surface area contributed by atoms with E-state index in [-0.39, 0.29) is 17.0 Å². The first kappa shape index (κ1) is 15.0. The zero-order valence-electron chi connectivity index (χ0n) is 11.8. The van der Waals surface area contributed by atoms with Gasteiger partial charge in [0.1, 0.15) is 5.56 Å². The van der Waals surface area contributed by atoms with Crippen molar-refractivity contribution >= 4 is 5.91 Å². The molecular formula is C15H20N2O2. The molecule has 4 heteroatoms. The van der Waals surface area contributed by atoms with Crippen LogP contribution in [0.15, 0.2) is 36.2 Å². The highest BCUT2D eigenvalue weighted by atomic mass is 16.2. The van der Waals surface area contributed by atoms with Gasteiger partial charge in [0.15, 0.2) is 0 Å². The first-order valence-corrected chi connectivity index (χ1v) is 6.12. The highest BCUT2D eigenvalue weighted by molar-refractivity contribution is 5.95. The van der Waals surface area contributed by atoms with E-state index in [2.05, 4.69) is 13.2 Å². The molecule has 0 aliphatic heterocycles. The normalized spacial score (nSPS) is 10.1. The highest BCUT2D eigenvalue weighted by Gasteiger charge is 2.20. The van der Waals surface area contributed by atoms with E-state index in [1.807, 2.05) is 13.0 Å². The molecule has 19 heavy (non-hydrogen) atoms. The third-order valence-electron chi connectivity index (χ3n) is 3.07. The number of pyridine rings is 1. The van der Waals surface area contributed by atoms with Crippen LogP contribution in [-0.2, 0) is 7.05 Å². The lowest BCUT2D eigenvalue weighted by Gasteiger charge is -2.20. The molecule has 0 aliphatic carbocycles. The van der Waals surface area contributed by atoms with Crippen molar-refractivity contribution in [2.24, 2.45) is 7.05 Å². The van der Waals surface area contributed by atoms with Gasteiger partial charge in [0, 0.05) is 25.8 Å². The second kappa shape index (κ2) is 6.18. The van der Waals surface area contributed by atoms with E-state index in [0.717, 1.165) is 5.69 Å². The van der Waals surface area contributed by atoms with Gasteiger partial charge < -0.3 is 9.47 Å². The van der Waals surface area contributed by atoms with Crippen LogP contribution in [-0.4, -0.2) is 28.5 Å². The van der Waals surface area contributed by atoms with Crippen LogP contribution in [0.4, 0.5) is 0 Å². The van der Waals surface area contributed by atoms with Crippen LogP contribution >= 0.6 is 0 Å². The van der Waals surface area contributed by atoms with E-state index >= 15 is 0 Å². The minimum Gasteiger partial charge on any atom is -0.331 e. The Morgan fingerprint density at radius 3 is 2.32 bits per heavy atom. The van der Waals surface area contributed by atoms with Gasteiger partial charge in [0.2, 0.25) is 0 Å². The summed E-state index contributed by atoms with van der Waals surface area (Å²) < 4.78 is 1.49. The van der Waals surface area contributed by atoms with Gasteiger partial charge in [-0.2, -0.15) is 0 Å². The van der Waals surface area contributed by atoms with Crippen LogP contribution in [0.25, 0.3) is 0 Å². The Bertz CT molecular complexity index is 560. The second-order valence-electron chi connectivity index (χ2n) is 4.50. The fourth-order valence-corrected chi connectivity index (χ4v) is 1.95. The summed E-state index contributed by atoms with van der Waals surface area (Å²) >= 11 is 0. The summed E-state index contributed by atoms with van der Waals surface area (Å²) in [5.74, 6) is -0.280. The molecule has 102 valence electrons. The summed E-state index contributed by atoms with van der Waals surface area (Å²) in [4.78, 5) is 26.2.